The summed E-state index contributed by atoms with van der Waals surface area (Å²) >= 11 is 3.57. The first kappa shape index (κ1) is 22.9. The Kier molecular flexibility index (Phi) is 6.95. The van der Waals surface area contributed by atoms with Gasteiger partial charge in [-0.15, -0.1) is 0 Å². The molecule has 1 N–H and O–H groups in total. The SMILES string of the molecule is O=C(Cc1ccc2c(c1)OCCO2)N/N=C/c1ccc(OCc2cccc3ccccc23)c(Br)c1. The van der Waals surface area contributed by atoms with Crippen LogP contribution in [0.25, 0.3) is 10.8 Å². The highest BCUT2D eigenvalue weighted by Gasteiger charge is 2.13. The molecule has 6 nitrogen and oxygen atoms in total. The van der Waals surface area contributed by atoms with Gasteiger partial charge in [0.1, 0.15) is 25.6 Å². The third-order valence-corrected chi connectivity index (χ3v) is 6.21. The molecule has 1 heterocycles. The molecule has 1 aliphatic heterocycles. The van der Waals surface area contributed by atoms with E-state index in [1.54, 1.807) is 6.21 Å². The van der Waals surface area contributed by atoms with Crippen molar-refractivity contribution in [2.75, 3.05) is 13.2 Å². The van der Waals surface area contributed by atoms with E-state index in [1.165, 1.54) is 10.8 Å². The van der Waals surface area contributed by atoms with Crippen molar-refractivity contribution in [2.45, 2.75) is 13.0 Å². The van der Waals surface area contributed by atoms with Gasteiger partial charge in [0.05, 0.1) is 17.1 Å². The van der Waals surface area contributed by atoms with E-state index in [0.717, 1.165) is 26.9 Å². The van der Waals surface area contributed by atoms with E-state index < -0.39 is 0 Å². The molecule has 0 saturated heterocycles. The van der Waals surface area contributed by atoms with Gasteiger partial charge in [0.25, 0.3) is 0 Å². The van der Waals surface area contributed by atoms with Crippen LogP contribution in [0.5, 0.6) is 17.2 Å². The number of nitrogens with zero attached hydrogens (tertiary/aromatic N) is 1. The highest BCUT2D eigenvalue weighted by molar-refractivity contribution is 9.10. The van der Waals surface area contributed by atoms with Crippen LogP contribution >= 0.6 is 15.9 Å². The maximum atomic E-state index is 12.3. The molecule has 1 aliphatic rings. The van der Waals surface area contributed by atoms with Crippen LogP contribution in [0.3, 0.4) is 0 Å². The molecule has 0 radical (unpaired) electrons. The maximum Gasteiger partial charge on any atom is 0.244 e. The molecule has 0 fully saturated rings. The second-order valence-corrected chi connectivity index (χ2v) is 8.92. The first-order valence-electron chi connectivity index (χ1n) is 11.3. The van der Waals surface area contributed by atoms with Gasteiger partial charge in [-0.3, -0.25) is 4.79 Å². The molecule has 0 bridgehead atoms. The van der Waals surface area contributed by atoms with Crippen molar-refractivity contribution in [3.05, 3.63) is 100 Å². The predicted molar refractivity (Wildman–Crippen MR) is 139 cm³/mol. The zero-order valence-electron chi connectivity index (χ0n) is 18.9. The Hall–Kier alpha value is -3.84. The summed E-state index contributed by atoms with van der Waals surface area (Å²) in [6.45, 7) is 1.51. The van der Waals surface area contributed by atoms with Crippen molar-refractivity contribution >= 4 is 38.8 Å². The summed E-state index contributed by atoms with van der Waals surface area (Å²) in [6, 6.07) is 25.6. The Labute approximate surface area is 211 Å². The Morgan fingerprint density at radius 1 is 0.971 bits per heavy atom. The van der Waals surface area contributed by atoms with Gasteiger partial charge in [-0.05, 0) is 73.7 Å². The summed E-state index contributed by atoms with van der Waals surface area (Å²) in [5.74, 6) is 1.89. The second-order valence-electron chi connectivity index (χ2n) is 8.06. The third kappa shape index (κ3) is 5.63. The number of nitrogens with one attached hydrogen (secondary N) is 1. The van der Waals surface area contributed by atoms with E-state index in [1.807, 2.05) is 54.6 Å². The molecule has 1 amide bonds. The van der Waals surface area contributed by atoms with Crippen LogP contribution in [0, 0.1) is 0 Å². The number of ether oxygens (including phenoxy) is 3. The lowest BCUT2D eigenvalue weighted by atomic mass is 10.1. The largest absolute Gasteiger partial charge is 0.488 e. The van der Waals surface area contributed by atoms with E-state index >= 15 is 0 Å². The summed E-state index contributed by atoms with van der Waals surface area (Å²) in [4.78, 5) is 12.3. The molecule has 0 saturated carbocycles. The van der Waals surface area contributed by atoms with Crippen LogP contribution in [0.15, 0.2) is 88.4 Å². The van der Waals surface area contributed by atoms with Crippen LogP contribution in [0.2, 0.25) is 0 Å². The van der Waals surface area contributed by atoms with Gasteiger partial charge in [0.2, 0.25) is 5.91 Å². The predicted octanol–water partition coefficient (Wildman–Crippen LogP) is 5.65. The molecule has 176 valence electrons. The number of hydrazone groups is 1. The van der Waals surface area contributed by atoms with Crippen molar-refractivity contribution in [2.24, 2.45) is 5.10 Å². The molecule has 0 aliphatic carbocycles. The minimum absolute atomic E-state index is 0.193. The van der Waals surface area contributed by atoms with Crippen molar-refractivity contribution in [3.8, 4) is 17.2 Å². The lowest BCUT2D eigenvalue weighted by molar-refractivity contribution is -0.120. The maximum absolute atomic E-state index is 12.3. The molecule has 5 rings (SSSR count). The fourth-order valence-corrected chi connectivity index (χ4v) is 4.40. The van der Waals surface area contributed by atoms with Crippen LogP contribution in [-0.4, -0.2) is 25.3 Å². The molecule has 4 aromatic carbocycles. The van der Waals surface area contributed by atoms with Crippen molar-refractivity contribution < 1.29 is 19.0 Å². The standard InChI is InChI=1S/C28H23BrN2O4/c29-24-14-20(9-10-25(24)35-18-22-6-3-5-21-4-1-2-7-23(21)22)17-30-31-28(32)16-19-8-11-26-27(15-19)34-13-12-33-26/h1-11,14-15,17H,12-13,16,18H2,(H,31,32)/b30-17+. The van der Waals surface area contributed by atoms with E-state index in [-0.39, 0.29) is 12.3 Å². The van der Waals surface area contributed by atoms with Gasteiger partial charge in [-0.2, -0.15) is 5.10 Å². The van der Waals surface area contributed by atoms with Crippen LogP contribution < -0.4 is 19.6 Å². The average Bonchev–Trinajstić information content (AvgIpc) is 2.88. The first-order chi connectivity index (χ1) is 17.2. The lowest BCUT2D eigenvalue weighted by Crippen LogP contribution is -2.20. The molecule has 35 heavy (non-hydrogen) atoms. The van der Waals surface area contributed by atoms with Crippen LogP contribution in [-0.2, 0) is 17.8 Å². The summed E-state index contributed by atoms with van der Waals surface area (Å²) < 4.78 is 17.9. The number of carbonyl (C=O) groups excluding carboxylic acids is 1. The number of hydrogen-bond donors (Lipinski definition) is 1. The van der Waals surface area contributed by atoms with E-state index in [0.29, 0.717) is 31.3 Å². The number of rotatable bonds is 7. The van der Waals surface area contributed by atoms with Gasteiger partial charge in [0, 0.05) is 0 Å². The molecule has 7 heteroatoms. The van der Waals surface area contributed by atoms with Crippen LogP contribution in [0.1, 0.15) is 16.7 Å². The molecular weight excluding hydrogens is 508 g/mol. The zero-order valence-corrected chi connectivity index (χ0v) is 20.5. The Balaban J connectivity index is 1.16. The van der Waals surface area contributed by atoms with Gasteiger partial charge in [0.15, 0.2) is 11.5 Å². The number of fused-ring (bicyclic) bond motifs is 2. The number of hydrogen-bond acceptors (Lipinski definition) is 5. The third-order valence-electron chi connectivity index (χ3n) is 5.59. The first-order valence-corrected chi connectivity index (χ1v) is 12.0. The highest BCUT2D eigenvalue weighted by atomic mass is 79.9. The van der Waals surface area contributed by atoms with E-state index in [2.05, 4.69) is 50.7 Å². The second kappa shape index (κ2) is 10.6. The summed E-state index contributed by atoms with van der Waals surface area (Å²) in [6.07, 6.45) is 1.79. The topological polar surface area (TPSA) is 69.2 Å². The molecule has 0 aromatic heterocycles. The molecule has 0 atom stereocenters. The van der Waals surface area contributed by atoms with Gasteiger partial charge < -0.3 is 14.2 Å². The molecule has 4 aromatic rings. The normalized spacial score (nSPS) is 12.6. The summed E-state index contributed by atoms with van der Waals surface area (Å²) in [5.41, 5.74) is 5.35. The average molecular weight is 531 g/mol. The molecule has 0 spiro atoms. The number of halogens is 1. The molecule has 0 unspecified atom stereocenters. The quantitative estimate of drug-likeness (QED) is 0.248. The fourth-order valence-electron chi connectivity index (χ4n) is 3.89. The summed E-state index contributed by atoms with van der Waals surface area (Å²) in [5, 5.41) is 6.45. The van der Waals surface area contributed by atoms with Gasteiger partial charge in [-0.25, -0.2) is 5.43 Å². The molecular formula is C28H23BrN2O4. The van der Waals surface area contributed by atoms with Crippen molar-refractivity contribution in [1.29, 1.82) is 0 Å². The minimum atomic E-state index is -0.216. The van der Waals surface area contributed by atoms with Crippen molar-refractivity contribution in [1.82, 2.24) is 5.43 Å². The minimum Gasteiger partial charge on any atom is -0.488 e. The lowest BCUT2D eigenvalue weighted by Gasteiger charge is -2.18. The fraction of sp³-hybridized carbons (Fsp3) is 0.143. The Bertz CT molecular complexity index is 1400. The number of benzene rings is 4. The number of carbonyl (C=O) groups is 1. The summed E-state index contributed by atoms with van der Waals surface area (Å²) in [7, 11) is 0. The number of amides is 1. The van der Waals surface area contributed by atoms with E-state index in [9.17, 15) is 4.79 Å². The smallest absolute Gasteiger partial charge is 0.244 e. The van der Waals surface area contributed by atoms with Gasteiger partial charge >= 0.3 is 0 Å². The monoisotopic (exact) mass is 530 g/mol. The van der Waals surface area contributed by atoms with Crippen molar-refractivity contribution in [3.63, 3.8) is 0 Å². The van der Waals surface area contributed by atoms with Crippen LogP contribution in [0.4, 0.5) is 0 Å². The van der Waals surface area contributed by atoms with E-state index in [4.69, 9.17) is 14.2 Å². The Morgan fingerprint density at radius 3 is 2.69 bits per heavy atom. The Morgan fingerprint density at radius 2 is 1.80 bits per heavy atom. The van der Waals surface area contributed by atoms with Gasteiger partial charge in [-0.1, -0.05) is 48.5 Å². The zero-order chi connectivity index (χ0) is 24.0. The highest BCUT2D eigenvalue weighted by Crippen LogP contribution is 2.31.